The maximum atomic E-state index is 13.9. The number of H-pyrrole nitrogens is 1. The molecule has 7 nitrogen and oxygen atoms in total. The quantitative estimate of drug-likeness (QED) is 0.415. The third-order valence-electron chi connectivity index (χ3n) is 6.40. The third-order valence-corrected chi connectivity index (χ3v) is 6.40. The Balaban J connectivity index is 1.77. The molecule has 5 rings (SSSR count). The van der Waals surface area contributed by atoms with E-state index in [-0.39, 0.29) is 23.7 Å². The van der Waals surface area contributed by atoms with E-state index in [0.717, 1.165) is 5.56 Å². The van der Waals surface area contributed by atoms with Crippen LogP contribution in [-0.4, -0.2) is 28.6 Å². The number of benzene rings is 3. The fourth-order valence-corrected chi connectivity index (χ4v) is 4.85. The predicted molar refractivity (Wildman–Crippen MR) is 128 cm³/mol. The number of nitrogens with one attached hydrogen (secondary N) is 2. The van der Waals surface area contributed by atoms with Crippen molar-refractivity contribution in [2.24, 2.45) is 0 Å². The Hall–Kier alpha value is -4.39. The molecule has 2 N–H and O–H groups in total. The van der Waals surface area contributed by atoms with Crippen molar-refractivity contribution in [1.29, 1.82) is 0 Å². The van der Waals surface area contributed by atoms with Gasteiger partial charge in [-0.25, -0.2) is 0 Å². The Morgan fingerprint density at radius 2 is 1.74 bits per heavy atom. The zero-order valence-electron chi connectivity index (χ0n) is 18.5. The highest BCUT2D eigenvalue weighted by Crippen LogP contribution is 2.50. The summed E-state index contributed by atoms with van der Waals surface area (Å²) in [5.74, 6) is -0.479. The molecule has 1 unspecified atom stereocenters. The van der Waals surface area contributed by atoms with E-state index in [1.165, 1.54) is 10.7 Å². The van der Waals surface area contributed by atoms with Gasteiger partial charge < -0.3 is 10.1 Å². The minimum Gasteiger partial charge on any atom is -0.497 e. The third kappa shape index (κ3) is 3.42. The summed E-state index contributed by atoms with van der Waals surface area (Å²) in [6.45, 7) is 0. The van der Waals surface area contributed by atoms with Gasteiger partial charge in [-0.1, -0.05) is 60.7 Å². The number of ether oxygens (including phenoxy) is 1. The first kappa shape index (κ1) is 21.5. The SMILES string of the molecule is COc1cccc(C(CC(=O)c2ccccc2)[C@@]2(n3ccc(=O)[nH]3)C(=O)Nc3ccccc32)c1. The second-order valence-electron chi connectivity index (χ2n) is 8.25. The van der Waals surface area contributed by atoms with Crippen molar-refractivity contribution in [3.63, 3.8) is 0 Å². The summed E-state index contributed by atoms with van der Waals surface area (Å²) in [5, 5.41) is 5.74. The smallest absolute Gasteiger partial charge is 0.264 e. The van der Waals surface area contributed by atoms with Gasteiger partial charge in [-0.2, -0.15) is 0 Å². The lowest BCUT2D eigenvalue weighted by atomic mass is 9.72. The number of hydrogen-bond donors (Lipinski definition) is 2. The molecule has 0 radical (unpaired) electrons. The van der Waals surface area contributed by atoms with Gasteiger partial charge in [-0.05, 0) is 23.8 Å². The van der Waals surface area contributed by atoms with Gasteiger partial charge in [-0.3, -0.25) is 24.2 Å². The van der Waals surface area contributed by atoms with Gasteiger partial charge in [0.15, 0.2) is 11.3 Å². The number of methoxy groups -OCH3 is 1. The molecule has 34 heavy (non-hydrogen) atoms. The van der Waals surface area contributed by atoms with Crippen LogP contribution in [0.15, 0.2) is 95.9 Å². The Labute approximate surface area is 196 Å². The maximum absolute atomic E-state index is 13.9. The minimum atomic E-state index is -1.39. The first-order chi connectivity index (χ1) is 16.5. The van der Waals surface area contributed by atoms with E-state index >= 15 is 0 Å². The van der Waals surface area contributed by atoms with Gasteiger partial charge in [-0.15, -0.1) is 0 Å². The first-order valence-corrected chi connectivity index (χ1v) is 11.0. The number of aromatic nitrogens is 2. The van der Waals surface area contributed by atoms with Gasteiger partial charge in [0.25, 0.3) is 11.5 Å². The van der Waals surface area contributed by atoms with Crippen molar-refractivity contribution < 1.29 is 14.3 Å². The molecular formula is C27H23N3O4. The van der Waals surface area contributed by atoms with Crippen LogP contribution < -0.4 is 15.6 Å². The molecule has 0 bridgehead atoms. The summed E-state index contributed by atoms with van der Waals surface area (Å²) in [7, 11) is 1.57. The van der Waals surface area contributed by atoms with Gasteiger partial charge >= 0.3 is 0 Å². The summed E-state index contributed by atoms with van der Waals surface area (Å²) >= 11 is 0. The number of fused-ring (bicyclic) bond motifs is 1. The zero-order valence-corrected chi connectivity index (χ0v) is 18.5. The van der Waals surface area contributed by atoms with Crippen LogP contribution >= 0.6 is 0 Å². The van der Waals surface area contributed by atoms with Gasteiger partial charge in [0.2, 0.25) is 0 Å². The van der Waals surface area contributed by atoms with Crippen molar-refractivity contribution in [2.45, 2.75) is 17.9 Å². The van der Waals surface area contributed by atoms with Crippen molar-refractivity contribution in [3.8, 4) is 5.75 Å². The van der Waals surface area contributed by atoms with Crippen LogP contribution in [0.2, 0.25) is 0 Å². The normalized spacial score (nSPS) is 17.6. The Morgan fingerprint density at radius 3 is 2.47 bits per heavy atom. The molecule has 2 atom stereocenters. The Bertz CT molecular complexity index is 1420. The molecule has 3 aromatic carbocycles. The van der Waals surface area contributed by atoms with Crippen LogP contribution in [0.5, 0.6) is 5.75 Å². The van der Waals surface area contributed by atoms with Crippen LogP contribution in [-0.2, 0) is 10.3 Å². The first-order valence-electron chi connectivity index (χ1n) is 11.0. The van der Waals surface area contributed by atoms with Crippen molar-refractivity contribution >= 4 is 17.4 Å². The van der Waals surface area contributed by atoms with Crippen LogP contribution in [0.1, 0.15) is 33.8 Å². The average molecular weight is 453 g/mol. The topological polar surface area (TPSA) is 93.2 Å². The highest BCUT2D eigenvalue weighted by molar-refractivity contribution is 6.08. The number of aromatic amines is 1. The number of rotatable bonds is 7. The van der Waals surface area contributed by atoms with Crippen LogP contribution in [0.4, 0.5) is 5.69 Å². The largest absolute Gasteiger partial charge is 0.497 e. The average Bonchev–Trinajstić information content (AvgIpc) is 3.43. The standard InChI is InChI=1S/C27H23N3O4/c1-34-20-11-7-10-19(16-20)22(17-24(31)18-8-3-2-4-9-18)27(30-15-14-25(32)29-30)21-12-5-6-13-23(21)28-26(27)33/h2-16,22H,17H2,1H3,(H,28,33)(H,29,32)/t22?,27-/m1/s1. The van der Waals surface area contributed by atoms with Gasteiger partial charge in [0.1, 0.15) is 5.75 Å². The van der Waals surface area contributed by atoms with E-state index in [1.54, 1.807) is 25.4 Å². The number of anilines is 1. The lowest BCUT2D eigenvalue weighted by molar-refractivity contribution is -0.123. The molecule has 1 aliphatic rings. The second kappa shape index (κ2) is 8.51. The molecule has 0 aliphatic carbocycles. The number of hydrogen-bond acceptors (Lipinski definition) is 4. The van der Waals surface area contributed by atoms with E-state index in [4.69, 9.17) is 4.74 Å². The zero-order chi connectivity index (χ0) is 23.7. The van der Waals surface area contributed by atoms with Gasteiger partial charge in [0, 0.05) is 41.4 Å². The number of amides is 1. The van der Waals surface area contributed by atoms with E-state index in [2.05, 4.69) is 10.4 Å². The highest BCUT2D eigenvalue weighted by atomic mass is 16.5. The number of nitrogens with zero attached hydrogens (tertiary/aromatic N) is 1. The predicted octanol–water partition coefficient (Wildman–Crippen LogP) is 3.94. The molecule has 7 heteroatoms. The number of Topliss-reactive ketones (excluding diaryl/α,β-unsaturated/α-hetero) is 1. The Kier molecular flexibility index (Phi) is 5.37. The van der Waals surface area contributed by atoms with Crippen LogP contribution in [0.25, 0.3) is 0 Å². The fraction of sp³-hybridized carbons (Fsp3) is 0.148. The fourth-order valence-electron chi connectivity index (χ4n) is 4.85. The van der Waals surface area contributed by atoms with Gasteiger partial charge in [0.05, 0.1) is 7.11 Å². The maximum Gasteiger partial charge on any atom is 0.264 e. The van der Waals surface area contributed by atoms with Crippen molar-refractivity contribution in [3.05, 3.63) is 118 Å². The molecule has 170 valence electrons. The lowest BCUT2D eigenvalue weighted by Gasteiger charge is -2.37. The number of ketones is 1. The monoisotopic (exact) mass is 453 g/mol. The molecule has 1 amide bonds. The summed E-state index contributed by atoms with van der Waals surface area (Å²) in [5.41, 5.74) is 0.886. The Morgan fingerprint density at radius 1 is 0.971 bits per heavy atom. The number of para-hydroxylation sites is 1. The summed E-state index contributed by atoms with van der Waals surface area (Å²) < 4.78 is 6.97. The van der Waals surface area contributed by atoms with Crippen LogP contribution in [0.3, 0.4) is 0 Å². The minimum absolute atomic E-state index is 0.0269. The van der Waals surface area contributed by atoms with Crippen molar-refractivity contribution in [1.82, 2.24) is 9.78 Å². The number of carbonyl (C=O) groups excluding carboxylic acids is 2. The van der Waals surface area contributed by atoms with E-state index in [9.17, 15) is 14.4 Å². The number of carbonyl (C=O) groups is 2. The lowest BCUT2D eigenvalue weighted by Crippen LogP contribution is -2.48. The molecule has 4 aromatic rings. The molecule has 0 saturated heterocycles. The summed E-state index contributed by atoms with van der Waals surface area (Å²) in [4.78, 5) is 39.6. The molecule has 0 fully saturated rings. The molecular weight excluding hydrogens is 430 g/mol. The molecule has 0 saturated carbocycles. The molecule has 0 spiro atoms. The van der Waals surface area contributed by atoms with E-state index < -0.39 is 11.5 Å². The van der Waals surface area contributed by atoms with E-state index in [1.807, 2.05) is 66.7 Å². The highest BCUT2D eigenvalue weighted by Gasteiger charge is 2.55. The van der Waals surface area contributed by atoms with E-state index in [0.29, 0.717) is 22.6 Å². The summed E-state index contributed by atoms with van der Waals surface area (Å²) in [6, 6.07) is 25.1. The van der Waals surface area contributed by atoms with Crippen LogP contribution in [0, 0.1) is 0 Å². The van der Waals surface area contributed by atoms with Crippen molar-refractivity contribution in [2.75, 3.05) is 12.4 Å². The second-order valence-corrected chi connectivity index (χ2v) is 8.25. The molecule has 2 heterocycles. The molecule has 1 aliphatic heterocycles. The molecule has 1 aromatic heterocycles. The summed E-state index contributed by atoms with van der Waals surface area (Å²) in [6.07, 6.45) is 1.59.